The van der Waals surface area contributed by atoms with Gasteiger partial charge in [-0.05, 0) is 73.9 Å². The largest absolute Gasteiger partial charge is 0.490 e. The number of amides is 1. The number of nitrogens with zero attached hydrogens (tertiary/aromatic N) is 2. The molecule has 43 heavy (non-hydrogen) atoms. The lowest BCUT2D eigenvalue weighted by atomic mass is 9.98. The van der Waals surface area contributed by atoms with Gasteiger partial charge in [-0.2, -0.15) is 0 Å². The van der Waals surface area contributed by atoms with Crippen LogP contribution in [0, 0.1) is 0 Å². The van der Waals surface area contributed by atoms with Crippen molar-refractivity contribution in [1.29, 1.82) is 0 Å². The number of ether oxygens (including phenoxy) is 1. The summed E-state index contributed by atoms with van der Waals surface area (Å²) < 4.78 is 5.98. The smallest absolute Gasteiger partial charge is 0.238 e. The van der Waals surface area contributed by atoms with E-state index in [4.69, 9.17) is 4.74 Å². The highest BCUT2D eigenvalue weighted by molar-refractivity contribution is 5.84. The lowest BCUT2D eigenvalue weighted by Gasteiger charge is -2.34. The molecule has 1 aromatic heterocycles. The summed E-state index contributed by atoms with van der Waals surface area (Å²) in [6.45, 7) is 2.66. The van der Waals surface area contributed by atoms with Gasteiger partial charge in [0.05, 0.1) is 11.6 Å². The molecule has 0 saturated carbocycles. The van der Waals surface area contributed by atoms with E-state index in [1.165, 1.54) is 11.1 Å². The molecule has 0 spiro atoms. The number of aromatic nitrogens is 1. The van der Waals surface area contributed by atoms with Crippen LogP contribution >= 0.6 is 0 Å². The van der Waals surface area contributed by atoms with E-state index in [2.05, 4.69) is 69.0 Å². The Bertz CT molecular complexity index is 1350. The fraction of sp³-hybridized carbons (Fsp3) is 0.389. The fourth-order valence-electron chi connectivity index (χ4n) is 5.88. The van der Waals surface area contributed by atoms with Gasteiger partial charge in [0.25, 0.3) is 0 Å². The Balaban J connectivity index is 1.10. The van der Waals surface area contributed by atoms with Crippen molar-refractivity contribution in [2.24, 2.45) is 0 Å². The van der Waals surface area contributed by atoms with E-state index in [-0.39, 0.29) is 24.6 Å². The third-order valence-corrected chi connectivity index (χ3v) is 8.15. The molecule has 7 heteroatoms. The van der Waals surface area contributed by atoms with Gasteiger partial charge in [0.1, 0.15) is 18.5 Å². The van der Waals surface area contributed by atoms with Crippen LogP contribution in [0.4, 0.5) is 0 Å². The molecule has 3 aromatic carbocycles. The summed E-state index contributed by atoms with van der Waals surface area (Å²) in [4.78, 5) is 20.0. The van der Waals surface area contributed by atoms with Gasteiger partial charge in [-0.1, -0.05) is 66.7 Å². The lowest BCUT2D eigenvalue weighted by molar-refractivity contribution is -0.125. The maximum atomic E-state index is 13.4. The zero-order valence-corrected chi connectivity index (χ0v) is 24.9. The second-order valence-electron chi connectivity index (χ2n) is 11.5. The summed E-state index contributed by atoms with van der Waals surface area (Å²) in [6, 6.07) is 30.5. The van der Waals surface area contributed by atoms with Crippen LogP contribution in [0.2, 0.25) is 0 Å². The van der Waals surface area contributed by atoms with Gasteiger partial charge in [-0.25, -0.2) is 0 Å². The molecule has 0 radical (unpaired) electrons. The van der Waals surface area contributed by atoms with Crippen molar-refractivity contribution >= 4 is 16.8 Å². The Kier molecular flexibility index (Phi) is 11.5. The molecule has 1 saturated heterocycles. The highest BCUT2D eigenvalue weighted by Gasteiger charge is 2.28. The number of piperazine rings is 1. The first-order valence-electron chi connectivity index (χ1n) is 15.6. The summed E-state index contributed by atoms with van der Waals surface area (Å²) >= 11 is 0. The number of hydrogen-bond acceptors (Lipinski definition) is 6. The Morgan fingerprint density at radius 2 is 1.63 bits per heavy atom. The normalized spacial score (nSPS) is 16.3. The second kappa shape index (κ2) is 16.2. The molecule has 1 aliphatic rings. The van der Waals surface area contributed by atoms with Gasteiger partial charge in [-0.3, -0.25) is 14.7 Å². The minimum absolute atomic E-state index is 0.0446. The number of hydrogen-bond donors (Lipinski definition) is 3. The summed E-state index contributed by atoms with van der Waals surface area (Å²) in [6.07, 6.45) is 7.07. The molecule has 1 fully saturated rings. The van der Waals surface area contributed by atoms with E-state index in [9.17, 15) is 9.90 Å². The van der Waals surface area contributed by atoms with Crippen LogP contribution < -0.4 is 15.4 Å². The van der Waals surface area contributed by atoms with Gasteiger partial charge >= 0.3 is 0 Å². The SMILES string of the molecule is O=C(NC(CCCc1ccccc1)CCCc1ccccc1)C1CN(C[C@@H](O)COc2cccc3ncccc23)CCN1. The number of carbonyl (C=O) groups excluding carboxylic acids is 1. The van der Waals surface area contributed by atoms with Crippen molar-refractivity contribution in [1.82, 2.24) is 20.5 Å². The molecule has 1 aliphatic heterocycles. The number of pyridine rings is 1. The summed E-state index contributed by atoms with van der Waals surface area (Å²) in [7, 11) is 0. The Morgan fingerprint density at radius 1 is 0.930 bits per heavy atom. The van der Waals surface area contributed by atoms with Gasteiger partial charge < -0.3 is 20.5 Å². The molecular formula is C36H44N4O3. The predicted octanol–water partition coefficient (Wildman–Crippen LogP) is 4.78. The first-order chi connectivity index (χ1) is 21.1. The van der Waals surface area contributed by atoms with Crippen LogP contribution in [0.15, 0.2) is 97.2 Å². The third kappa shape index (κ3) is 9.61. The molecule has 4 aromatic rings. The van der Waals surface area contributed by atoms with Crippen molar-refractivity contribution in [3.8, 4) is 5.75 Å². The maximum absolute atomic E-state index is 13.4. The molecule has 2 heterocycles. The molecule has 0 aliphatic carbocycles. The maximum Gasteiger partial charge on any atom is 0.238 e. The highest BCUT2D eigenvalue weighted by Crippen LogP contribution is 2.23. The van der Waals surface area contributed by atoms with Crippen molar-refractivity contribution in [3.05, 3.63) is 108 Å². The fourth-order valence-corrected chi connectivity index (χ4v) is 5.88. The van der Waals surface area contributed by atoms with E-state index >= 15 is 0 Å². The molecule has 226 valence electrons. The average Bonchev–Trinajstić information content (AvgIpc) is 3.05. The third-order valence-electron chi connectivity index (χ3n) is 8.15. The number of fused-ring (bicyclic) bond motifs is 1. The van der Waals surface area contributed by atoms with Crippen molar-refractivity contribution in [3.63, 3.8) is 0 Å². The highest BCUT2D eigenvalue weighted by atomic mass is 16.5. The van der Waals surface area contributed by atoms with Crippen LogP contribution in [-0.2, 0) is 17.6 Å². The minimum atomic E-state index is -0.669. The van der Waals surface area contributed by atoms with Gasteiger partial charge in [0.2, 0.25) is 5.91 Å². The Morgan fingerprint density at radius 3 is 2.33 bits per heavy atom. The van der Waals surface area contributed by atoms with E-state index in [0.29, 0.717) is 25.4 Å². The predicted molar refractivity (Wildman–Crippen MR) is 172 cm³/mol. The van der Waals surface area contributed by atoms with E-state index in [1.54, 1.807) is 6.20 Å². The topological polar surface area (TPSA) is 86.7 Å². The number of rotatable bonds is 15. The summed E-state index contributed by atoms with van der Waals surface area (Å²) in [5, 5.41) is 18.5. The second-order valence-corrected chi connectivity index (χ2v) is 11.5. The van der Waals surface area contributed by atoms with Crippen molar-refractivity contribution in [2.45, 2.75) is 56.7 Å². The van der Waals surface area contributed by atoms with E-state index < -0.39 is 6.10 Å². The van der Waals surface area contributed by atoms with E-state index in [0.717, 1.165) is 56.0 Å². The number of aliphatic hydroxyl groups excluding tert-OH is 1. The molecular weight excluding hydrogens is 536 g/mol. The van der Waals surface area contributed by atoms with Crippen LogP contribution in [-0.4, -0.2) is 71.9 Å². The molecule has 0 bridgehead atoms. The van der Waals surface area contributed by atoms with Gasteiger partial charge in [-0.15, -0.1) is 0 Å². The van der Waals surface area contributed by atoms with Crippen LogP contribution in [0.25, 0.3) is 10.9 Å². The van der Waals surface area contributed by atoms with Crippen LogP contribution in [0.5, 0.6) is 5.75 Å². The first-order valence-corrected chi connectivity index (χ1v) is 15.6. The molecule has 3 N–H and O–H groups in total. The Hall–Kier alpha value is -3.78. The number of carbonyl (C=O) groups is 1. The zero-order chi connectivity index (χ0) is 29.7. The number of nitrogens with one attached hydrogen (secondary N) is 2. The Labute approximate surface area is 255 Å². The van der Waals surface area contributed by atoms with Gasteiger partial charge in [0, 0.05) is 43.8 Å². The number of aryl methyl sites for hydroxylation is 2. The zero-order valence-electron chi connectivity index (χ0n) is 24.9. The van der Waals surface area contributed by atoms with Crippen molar-refractivity contribution < 1.29 is 14.6 Å². The molecule has 2 atom stereocenters. The number of β-amino-alcohol motifs (C(OH)–C–C–N with tert-alkyl or cyclic N) is 1. The molecule has 5 rings (SSSR count). The number of aliphatic hydroxyl groups is 1. The van der Waals surface area contributed by atoms with Crippen LogP contribution in [0.1, 0.15) is 36.8 Å². The summed E-state index contributed by atoms with van der Waals surface area (Å²) in [5.41, 5.74) is 3.53. The molecule has 1 unspecified atom stereocenters. The van der Waals surface area contributed by atoms with Gasteiger partial charge in [0.15, 0.2) is 0 Å². The minimum Gasteiger partial charge on any atom is -0.490 e. The quantitative estimate of drug-likeness (QED) is 0.188. The number of benzene rings is 3. The van der Waals surface area contributed by atoms with E-state index in [1.807, 2.05) is 42.5 Å². The average molecular weight is 581 g/mol. The summed E-state index contributed by atoms with van der Waals surface area (Å²) in [5.74, 6) is 0.760. The van der Waals surface area contributed by atoms with Crippen molar-refractivity contribution in [2.75, 3.05) is 32.8 Å². The van der Waals surface area contributed by atoms with Crippen LogP contribution in [0.3, 0.4) is 0 Å². The monoisotopic (exact) mass is 580 g/mol. The standard InChI is InChI=1S/C36H44N4O3/c41-31(27-43-35-21-9-20-33-32(35)19-10-22-37-33)25-40-24-23-38-34(26-40)36(42)39-30(17-7-15-28-11-3-1-4-12-28)18-8-16-29-13-5-2-6-14-29/h1-6,9-14,19-22,30-31,34,38,41H,7-8,15-18,23-27H2,(H,39,42)/t31-,34?/m1/s1. The molecule has 1 amide bonds. The lowest BCUT2D eigenvalue weighted by Crippen LogP contribution is -2.59. The first kappa shape index (κ1) is 30.7. The molecule has 7 nitrogen and oxygen atoms in total.